The van der Waals surface area contributed by atoms with Crippen LogP contribution in [0.4, 0.5) is 0 Å². The number of ether oxygens (including phenoxy) is 1. The number of hydrogen-bond acceptors (Lipinski definition) is 2. The summed E-state index contributed by atoms with van der Waals surface area (Å²) < 4.78 is 5.30. The zero-order valence-corrected chi connectivity index (χ0v) is 16.0. The molecule has 2 aromatic carbocycles. The van der Waals surface area contributed by atoms with Crippen LogP contribution in [0, 0.1) is 6.92 Å². The lowest BCUT2D eigenvalue weighted by atomic mass is 10.1. The van der Waals surface area contributed by atoms with Crippen LogP contribution >= 0.6 is 0 Å². The highest BCUT2D eigenvalue weighted by Crippen LogP contribution is 2.19. The fourth-order valence-electron chi connectivity index (χ4n) is 2.39. The van der Waals surface area contributed by atoms with E-state index in [-0.39, 0.29) is 0 Å². The Labute approximate surface area is 148 Å². The minimum atomic E-state index is 0.959. The van der Waals surface area contributed by atoms with Crippen molar-refractivity contribution in [1.29, 1.82) is 0 Å². The lowest BCUT2D eigenvalue weighted by Gasteiger charge is -2.17. The lowest BCUT2D eigenvalue weighted by molar-refractivity contribution is 0.331. The summed E-state index contributed by atoms with van der Waals surface area (Å²) in [5.74, 6) is 0.959. The highest BCUT2D eigenvalue weighted by molar-refractivity contribution is 5.36. The summed E-state index contributed by atoms with van der Waals surface area (Å²) in [4.78, 5) is 2.36. The number of likely N-dealkylation sites (N-methyl/N-ethyl adjacent to an activating group) is 1. The van der Waals surface area contributed by atoms with Gasteiger partial charge in [-0.15, -0.1) is 13.2 Å². The van der Waals surface area contributed by atoms with Crippen LogP contribution in [0.2, 0.25) is 0 Å². The van der Waals surface area contributed by atoms with E-state index in [1.165, 1.54) is 16.7 Å². The first-order valence-electron chi connectivity index (χ1n) is 8.55. The molecule has 0 aliphatic rings. The minimum absolute atomic E-state index is 0.959. The summed E-state index contributed by atoms with van der Waals surface area (Å²) >= 11 is 0. The first-order valence-corrected chi connectivity index (χ1v) is 8.55. The van der Waals surface area contributed by atoms with Gasteiger partial charge in [-0.3, -0.25) is 0 Å². The molecule has 2 heteroatoms. The van der Waals surface area contributed by atoms with Crippen LogP contribution in [0.5, 0.6) is 5.75 Å². The van der Waals surface area contributed by atoms with Crippen LogP contribution in [-0.2, 0) is 13.0 Å². The van der Waals surface area contributed by atoms with Gasteiger partial charge in [0.1, 0.15) is 5.75 Å². The van der Waals surface area contributed by atoms with Gasteiger partial charge in [0.15, 0.2) is 0 Å². The average Bonchev–Trinajstić information content (AvgIpc) is 2.64. The zero-order chi connectivity index (χ0) is 18.4. The van der Waals surface area contributed by atoms with Crippen LogP contribution in [0.25, 0.3) is 0 Å². The van der Waals surface area contributed by atoms with Gasteiger partial charge in [-0.25, -0.2) is 0 Å². The van der Waals surface area contributed by atoms with Crippen molar-refractivity contribution < 1.29 is 4.74 Å². The molecule has 0 atom stereocenters. The Bertz CT molecular complexity index is 551. The van der Waals surface area contributed by atoms with Gasteiger partial charge in [0.25, 0.3) is 0 Å². The Morgan fingerprint density at radius 1 is 0.958 bits per heavy atom. The van der Waals surface area contributed by atoms with E-state index in [9.17, 15) is 0 Å². The maximum absolute atomic E-state index is 5.30. The van der Waals surface area contributed by atoms with E-state index in [1.807, 2.05) is 13.8 Å². The van der Waals surface area contributed by atoms with E-state index in [0.717, 1.165) is 25.3 Å². The molecule has 2 nitrogen and oxygen atoms in total. The molecular formula is C22H33NO. The van der Waals surface area contributed by atoms with Crippen LogP contribution < -0.4 is 4.74 Å². The van der Waals surface area contributed by atoms with Crippen LogP contribution in [-0.4, -0.2) is 25.6 Å². The number of aryl methyl sites for hydroxylation is 1. The van der Waals surface area contributed by atoms with Gasteiger partial charge in [0.05, 0.1) is 7.11 Å². The molecule has 0 saturated carbocycles. The molecule has 132 valence electrons. The molecule has 0 aromatic heterocycles. The Morgan fingerprint density at radius 2 is 1.58 bits per heavy atom. The quantitative estimate of drug-likeness (QED) is 0.649. The van der Waals surface area contributed by atoms with Gasteiger partial charge in [0.2, 0.25) is 0 Å². The number of benzene rings is 2. The first-order chi connectivity index (χ1) is 11.7. The van der Waals surface area contributed by atoms with E-state index >= 15 is 0 Å². The van der Waals surface area contributed by atoms with E-state index in [2.05, 4.69) is 80.6 Å². The highest BCUT2D eigenvalue weighted by Gasteiger charge is 2.04. The number of nitrogens with zero attached hydrogens (tertiary/aromatic N) is 1. The summed E-state index contributed by atoms with van der Waals surface area (Å²) in [6.45, 7) is 14.1. The second-order valence-electron chi connectivity index (χ2n) is 5.28. The molecule has 0 aliphatic heterocycles. The Kier molecular flexibility index (Phi) is 12.2. The molecule has 0 heterocycles. The van der Waals surface area contributed by atoms with Gasteiger partial charge in [-0.2, -0.15) is 0 Å². The third kappa shape index (κ3) is 7.98. The highest BCUT2D eigenvalue weighted by atomic mass is 16.5. The van der Waals surface area contributed by atoms with Gasteiger partial charge >= 0.3 is 0 Å². The van der Waals surface area contributed by atoms with E-state index in [4.69, 9.17) is 4.74 Å². The van der Waals surface area contributed by atoms with Gasteiger partial charge in [-0.1, -0.05) is 56.3 Å². The summed E-state index contributed by atoms with van der Waals surface area (Å²) in [5.41, 5.74) is 3.92. The molecule has 0 amide bonds. The van der Waals surface area contributed by atoms with Crippen molar-refractivity contribution >= 4 is 0 Å². The standard InChI is InChI=1S/C18H23NO.C2H6.C2H4/c1-15-13-17(9-10-18(15)20-3)14-19(2)12-11-16-7-5-4-6-8-16;2*1-2/h4-10,13H,11-12,14H2,1-3H3;1-2H3;1-2H2. The number of methoxy groups -OCH3 is 1. The number of hydrogen-bond donors (Lipinski definition) is 0. The van der Waals surface area contributed by atoms with Gasteiger partial charge in [0, 0.05) is 13.1 Å². The summed E-state index contributed by atoms with van der Waals surface area (Å²) in [7, 11) is 3.89. The molecule has 0 aliphatic carbocycles. The third-order valence-corrected chi connectivity index (χ3v) is 3.54. The molecule has 0 spiro atoms. The van der Waals surface area contributed by atoms with Crippen molar-refractivity contribution in [3.05, 3.63) is 78.4 Å². The molecule has 24 heavy (non-hydrogen) atoms. The van der Waals surface area contributed by atoms with E-state index < -0.39 is 0 Å². The maximum atomic E-state index is 5.30. The van der Waals surface area contributed by atoms with E-state index in [1.54, 1.807) is 7.11 Å². The molecular weight excluding hydrogens is 294 g/mol. The molecule has 0 bridgehead atoms. The largest absolute Gasteiger partial charge is 0.496 e. The average molecular weight is 328 g/mol. The summed E-state index contributed by atoms with van der Waals surface area (Å²) in [5, 5.41) is 0. The minimum Gasteiger partial charge on any atom is -0.496 e. The molecule has 0 N–H and O–H groups in total. The molecule has 2 rings (SSSR count). The van der Waals surface area contributed by atoms with Crippen molar-refractivity contribution in [2.45, 2.75) is 33.7 Å². The second kappa shape index (κ2) is 13.4. The molecule has 0 unspecified atom stereocenters. The SMILES string of the molecule is C=C.CC.COc1ccc(CN(C)CCc2ccccc2)cc1C. The fraction of sp³-hybridized carbons (Fsp3) is 0.364. The van der Waals surface area contributed by atoms with Crippen molar-refractivity contribution in [1.82, 2.24) is 4.90 Å². The predicted molar refractivity (Wildman–Crippen MR) is 107 cm³/mol. The maximum Gasteiger partial charge on any atom is 0.121 e. The van der Waals surface area contributed by atoms with Gasteiger partial charge in [-0.05, 0) is 43.1 Å². The zero-order valence-electron chi connectivity index (χ0n) is 16.0. The van der Waals surface area contributed by atoms with Crippen molar-refractivity contribution in [3.63, 3.8) is 0 Å². The molecule has 0 saturated heterocycles. The Morgan fingerprint density at radius 3 is 2.12 bits per heavy atom. The van der Waals surface area contributed by atoms with Crippen LogP contribution in [0.15, 0.2) is 61.7 Å². The number of rotatable bonds is 6. The van der Waals surface area contributed by atoms with Crippen molar-refractivity contribution in [3.8, 4) is 5.75 Å². The molecule has 2 aromatic rings. The smallest absolute Gasteiger partial charge is 0.121 e. The van der Waals surface area contributed by atoms with Crippen molar-refractivity contribution in [2.24, 2.45) is 0 Å². The van der Waals surface area contributed by atoms with Gasteiger partial charge < -0.3 is 9.64 Å². The summed E-state index contributed by atoms with van der Waals surface area (Å²) in [6.07, 6.45) is 1.09. The second-order valence-corrected chi connectivity index (χ2v) is 5.28. The monoisotopic (exact) mass is 327 g/mol. The Balaban J connectivity index is 0.00000123. The molecule has 0 fully saturated rings. The molecule has 0 radical (unpaired) electrons. The Hall–Kier alpha value is -2.06. The third-order valence-electron chi connectivity index (χ3n) is 3.54. The fourth-order valence-corrected chi connectivity index (χ4v) is 2.39. The van der Waals surface area contributed by atoms with E-state index in [0.29, 0.717) is 0 Å². The predicted octanol–water partition coefficient (Wildman–Crippen LogP) is 5.51. The topological polar surface area (TPSA) is 12.5 Å². The normalized spacial score (nSPS) is 9.42. The first kappa shape index (κ1) is 21.9. The van der Waals surface area contributed by atoms with Crippen LogP contribution in [0.1, 0.15) is 30.5 Å². The lowest BCUT2D eigenvalue weighted by Crippen LogP contribution is -2.20. The van der Waals surface area contributed by atoms with Crippen molar-refractivity contribution in [2.75, 3.05) is 20.7 Å². The summed E-state index contributed by atoms with van der Waals surface area (Å²) in [6, 6.07) is 17.0. The van der Waals surface area contributed by atoms with Crippen LogP contribution in [0.3, 0.4) is 0 Å².